The van der Waals surface area contributed by atoms with Crippen LogP contribution in [0, 0.1) is 13.8 Å². The lowest BCUT2D eigenvalue weighted by Crippen LogP contribution is -2.12. The molecule has 0 amide bonds. The molecule has 0 fully saturated rings. The average Bonchev–Trinajstić information content (AvgIpc) is 3.09. The minimum absolute atomic E-state index is 0.00194. The van der Waals surface area contributed by atoms with Gasteiger partial charge in [-0.25, -0.2) is 19.4 Å². The fraction of sp³-hybridized carbons (Fsp3) is 0.333. The van der Waals surface area contributed by atoms with Crippen LogP contribution in [0.15, 0.2) is 0 Å². The predicted molar refractivity (Wildman–Crippen MR) is 92.1 cm³/mol. The maximum Gasteiger partial charge on any atom is 0.350 e. The molecule has 0 aromatic carbocycles. The Bertz CT molecular complexity index is 839. The van der Waals surface area contributed by atoms with E-state index in [9.17, 15) is 14.4 Å². The van der Waals surface area contributed by atoms with Crippen molar-refractivity contribution in [1.29, 1.82) is 0 Å². The summed E-state index contributed by atoms with van der Waals surface area (Å²) in [6.45, 7) is 3.15. The van der Waals surface area contributed by atoms with Gasteiger partial charge in [-0.1, -0.05) is 0 Å². The Hall–Kier alpha value is -2.46. The molecule has 2 heterocycles. The number of hydrogen-bond donors (Lipinski definition) is 1. The second-order valence-corrected chi connectivity index (χ2v) is 7.11. The topological polar surface area (TPSA) is 118 Å². The summed E-state index contributed by atoms with van der Waals surface area (Å²) in [5.41, 5.74) is 6.53. The lowest BCUT2D eigenvalue weighted by Gasteiger charge is -2.07. The Labute approximate surface area is 151 Å². The summed E-state index contributed by atoms with van der Waals surface area (Å²) in [5, 5.41) is 0.817. The second kappa shape index (κ2) is 7.62. The van der Waals surface area contributed by atoms with E-state index in [-0.39, 0.29) is 27.6 Å². The highest BCUT2D eigenvalue weighted by molar-refractivity contribution is 7.18. The van der Waals surface area contributed by atoms with Crippen molar-refractivity contribution < 1.29 is 28.6 Å². The fourth-order valence-electron chi connectivity index (χ4n) is 2.13. The third kappa shape index (κ3) is 3.80. The van der Waals surface area contributed by atoms with Crippen molar-refractivity contribution in [2.45, 2.75) is 20.5 Å². The van der Waals surface area contributed by atoms with Crippen molar-refractivity contribution in [2.24, 2.45) is 0 Å². The summed E-state index contributed by atoms with van der Waals surface area (Å²) in [6.07, 6.45) is 0. The number of nitrogens with zero attached hydrogens (tertiary/aromatic N) is 1. The Kier molecular flexibility index (Phi) is 5.75. The molecule has 0 spiro atoms. The minimum atomic E-state index is -0.722. The van der Waals surface area contributed by atoms with Crippen LogP contribution in [0.2, 0.25) is 0 Å². The predicted octanol–water partition coefficient (Wildman–Crippen LogP) is 2.33. The summed E-state index contributed by atoms with van der Waals surface area (Å²) < 4.78 is 14.6. The third-order valence-corrected chi connectivity index (χ3v) is 5.33. The van der Waals surface area contributed by atoms with Crippen LogP contribution in [0.1, 0.15) is 46.0 Å². The van der Waals surface area contributed by atoms with Gasteiger partial charge in [-0.2, -0.15) is 0 Å². The lowest BCUT2D eigenvalue weighted by atomic mass is 10.1. The molecule has 2 aromatic heterocycles. The maximum atomic E-state index is 12.2. The van der Waals surface area contributed by atoms with Gasteiger partial charge < -0.3 is 19.9 Å². The Morgan fingerprint density at radius 2 is 1.64 bits per heavy atom. The molecule has 0 aliphatic rings. The van der Waals surface area contributed by atoms with E-state index < -0.39 is 17.9 Å². The van der Waals surface area contributed by atoms with Crippen LogP contribution >= 0.6 is 22.7 Å². The molecule has 0 saturated carbocycles. The zero-order chi connectivity index (χ0) is 18.7. The summed E-state index contributed by atoms with van der Waals surface area (Å²) >= 11 is 2.08. The molecule has 2 N–H and O–H groups in total. The van der Waals surface area contributed by atoms with Gasteiger partial charge in [0.05, 0.1) is 24.9 Å². The number of aryl methyl sites for hydroxylation is 2. The molecule has 134 valence electrons. The lowest BCUT2D eigenvalue weighted by molar-refractivity contribution is 0.0456. The first kappa shape index (κ1) is 18.9. The largest absolute Gasteiger partial charge is 0.465 e. The first-order valence-electron chi connectivity index (χ1n) is 6.99. The van der Waals surface area contributed by atoms with Crippen LogP contribution in [-0.2, 0) is 20.8 Å². The van der Waals surface area contributed by atoms with Crippen LogP contribution in [-0.4, -0.2) is 37.1 Å². The number of carbonyl (C=O) groups excluding carboxylic acids is 3. The first-order chi connectivity index (χ1) is 11.8. The molecule has 10 heteroatoms. The molecule has 0 radical (unpaired) electrons. The van der Waals surface area contributed by atoms with Gasteiger partial charge in [0.2, 0.25) is 0 Å². The van der Waals surface area contributed by atoms with E-state index >= 15 is 0 Å². The Morgan fingerprint density at radius 3 is 2.16 bits per heavy atom. The monoisotopic (exact) mass is 384 g/mol. The van der Waals surface area contributed by atoms with E-state index in [1.54, 1.807) is 13.8 Å². The molecule has 0 aliphatic carbocycles. The normalized spacial score (nSPS) is 10.4. The van der Waals surface area contributed by atoms with Gasteiger partial charge in [0.1, 0.15) is 26.9 Å². The standard InChI is InChI=1S/C15H16N2O6S2/c1-6-10(24-7(2)17-6)15(20)23-5-8-9(13(18)21-3)12(16)25-11(8)14(19)22-4/h5,16H2,1-4H3. The molecule has 0 unspecified atom stereocenters. The van der Waals surface area contributed by atoms with E-state index in [0.29, 0.717) is 10.6 Å². The van der Waals surface area contributed by atoms with Gasteiger partial charge in [0.25, 0.3) is 0 Å². The quantitative estimate of drug-likeness (QED) is 0.616. The summed E-state index contributed by atoms with van der Waals surface area (Å²) in [6, 6.07) is 0. The van der Waals surface area contributed by atoms with E-state index in [2.05, 4.69) is 14.5 Å². The molecule has 2 aromatic rings. The van der Waals surface area contributed by atoms with Crippen LogP contribution in [0.4, 0.5) is 5.00 Å². The number of thiazole rings is 1. The number of aromatic nitrogens is 1. The minimum Gasteiger partial charge on any atom is -0.465 e. The van der Waals surface area contributed by atoms with E-state index in [4.69, 9.17) is 10.5 Å². The highest BCUT2D eigenvalue weighted by Gasteiger charge is 2.28. The SMILES string of the molecule is COC(=O)c1sc(N)c(C(=O)OC)c1COC(=O)c1sc(C)nc1C. The maximum absolute atomic E-state index is 12.2. The zero-order valence-corrected chi connectivity index (χ0v) is 15.6. The molecule has 0 aliphatic heterocycles. The Morgan fingerprint density at radius 1 is 1.00 bits per heavy atom. The number of ether oxygens (including phenoxy) is 3. The molecular formula is C15H16N2O6S2. The molecule has 0 atom stereocenters. The number of esters is 3. The van der Waals surface area contributed by atoms with Gasteiger partial charge >= 0.3 is 17.9 Å². The summed E-state index contributed by atoms with van der Waals surface area (Å²) in [4.78, 5) is 40.7. The number of methoxy groups -OCH3 is 2. The van der Waals surface area contributed by atoms with E-state index in [0.717, 1.165) is 16.3 Å². The van der Waals surface area contributed by atoms with Gasteiger partial charge in [-0.3, -0.25) is 0 Å². The van der Waals surface area contributed by atoms with E-state index in [1.807, 2.05) is 0 Å². The smallest absolute Gasteiger partial charge is 0.350 e. The molecule has 2 rings (SSSR count). The number of anilines is 1. The van der Waals surface area contributed by atoms with Crippen LogP contribution < -0.4 is 5.73 Å². The highest BCUT2D eigenvalue weighted by atomic mass is 32.1. The number of hydrogen-bond acceptors (Lipinski definition) is 10. The van der Waals surface area contributed by atoms with Crippen LogP contribution in [0.25, 0.3) is 0 Å². The average molecular weight is 384 g/mol. The van der Waals surface area contributed by atoms with Crippen molar-refractivity contribution in [3.05, 3.63) is 31.6 Å². The number of nitrogen functional groups attached to an aromatic ring is 1. The highest BCUT2D eigenvalue weighted by Crippen LogP contribution is 2.33. The van der Waals surface area contributed by atoms with Crippen molar-refractivity contribution in [3.8, 4) is 0 Å². The van der Waals surface area contributed by atoms with Crippen molar-refractivity contribution in [1.82, 2.24) is 4.98 Å². The van der Waals surface area contributed by atoms with Gasteiger partial charge in [0, 0.05) is 5.56 Å². The van der Waals surface area contributed by atoms with Crippen LogP contribution in [0.5, 0.6) is 0 Å². The molecule has 8 nitrogen and oxygen atoms in total. The summed E-state index contributed by atoms with van der Waals surface area (Å²) in [7, 11) is 2.39. The van der Waals surface area contributed by atoms with Crippen molar-refractivity contribution in [3.63, 3.8) is 0 Å². The molecule has 0 saturated heterocycles. The molecule has 0 bridgehead atoms. The van der Waals surface area contributed by atoms with Crippen molar-refractivity contribution in [2.75, 3.05) is 20.0 Å². The summed E-state index contributed by atoms with van der Waals surface area (Å²) in [5.74, 6) is -2.00. The van der Waals surface area contributed by atoms with Gasteiger partial charge in [0.15, 0.2) is 0 Å². The van der Waals surface area contributed by atoms with Gasteiger partial charge in [-0.05, 0) is 13.8 Å². The van der Waals surface area contributed by atoms with Crippen LogP contribution in [0.3, 0.4) is 0 Å². The number of thiophene rings is 1. The fourth-order valence-corrected chi connectivity index (χ4v) is 3.92. The number of nitrogens with two attached hydrogens (primary N) is 1. The Balaban J connectivity index is 2.34. The third-order valence-electron chi connectivity index (χ3n) is 3.23. The number of carbonyl (C=O) groups is 3. The molecule has 25 heavy (non-hydrogen) atoms. The molecular weight excluding hydrogens is 368 g/mol. The first-order valence-corrected chi connectivity index (χ1v) is 8.62. The second-order valence-electron chi connectivity index (χ2n) is 4.86. The zero-order valence-electron chi connectivity index (χ0n) is 14.0. The number of rotatable bonds is 5. The van der Waals surface area contributed by atoms with Gasteiger partial charge in [-0.15, -0.1) is 22.7 Å². The van der Waals surface area contributed by atoms with Crippen molar-refractivity contribution >= 4 is 45.6 Å². The van der Waals surface area contributed by atoms with E-state index in [1.165, 1.54) is 25.6 Å².